The van der Waals surface area contributed by atoms with Crippen LogP contribution in [-0.2, 0) is 13.0 Å². The van der Waals surface area contributed by atoms with Crippen molar-refractivity contribution in [2.75, 3.05) is 25.1 Å². The molecule has 5 rings (SSSR count). The summed E-state index contributed by atoms with van der Waals surface area (Å²) in [5, 5.41) is 0. The van der Waals surface area contributed by atoms with Gasteiger partial charge in [0.15, 0.2) is 17.6 Å². The standard InChI is InChI=1S/C25H26N2O4/c1-17-13-18-7-3-4-8-21(18)27(17)15-24-20(11-12-29-24)25(28)26(2)14-19-16-30-22-9-5-6-10-23(22)31-19/h3-12,17,19H,13-16H2,1-2H3. The summed E-state index contributed by atoms with van der Waals surface area (Å²) in [6, 6.07) is 18.1. The van der Waals surface area contributed by atoms with Crippen LogP contribution in [0, 0.1) is 0 Å². The van der Waals surface area contributed by atoms with Crippen LogP contribution in [-0.4, -0.2) is 43.2 Å². The Kier molecular flexibility index (Phi) is 5.06. The number of benzene rings is 2. The fourth-order valence-electron chi connectivity index (χ4n) is 4.43. The van der Waals surface area contributed by atoms with Gasteiger partial charge in [0.1, 0.15) is 12.4 Å². The number of ether oxygens (including phenoxy) is 2. The highest BCUT2D eigenvalue weighted by molar-refractivity contribution is 5.95. The zero-order valence-corrected chi connectivity index (χ0v) is 17.8. The second-order valence-corrected chi connectivity index (χ2v) is 8.25. The maximum atomic E-state index is 13.2. The molecule has 6 heteroatoms. The summed E-state index contributed by atoms with van der Waals surface area (Å²) in [5.41, 5.74) is 3.14. The van der Waals surface area contributed by atoms with Gasteiger partial charge in [0.2, 0.25) is 0 Å². The Labute approximate surface area is 182 Å². The monoisotopic (exact) mass is 418 g/mol. The van der Waals surface area contributed by atoms with E-state index in [4.69, 9.17) is 13.9 Å². The highest BCUT2D eigenvalue weighted by Gasteiger charge is 2.30. The van der Waals surface area contributed by atoms with E-state index in [1.165, 1.54) is 11.3 Å². The van der Waals surface area contributed by atoms with E-state index in [9.17, 15) is 4.79 Å². The number of fused-ring (bicyclic) bond motifs is 2. The van der Waals surface area contributed by atoms with Crippen molar-refractivity contribution in [3.63, 3.8) is 0 Å². The van der Waals surface area contributed by atoms with Crippen molar-refractivity contribution in [1.29, 1.82) is 0 Å². The molecule has 0 N–H and O–H groups in total. The van der Waals surface area contributed by atoms with Crippen LogP contribution in [0.3, 0.4) is 0 Å². The number of nitrogens with zero attached hydrogens (tertiary/aromatic N) is 2. The number of likely N-dealkylation sites (N-methyl/N-ethyl adjacent to an activating group) is 1. The molecule has 0 radical (unpaired) electrons. The third-order valence-electron chi connectivity index (χ3n) is 6.03. The van der Waals surface area contributed by atoms with Crippen molar-refractivity contribution < 1.29 is 18.7 Å². The normalized spacial score (nSPS) is 19.2. The van der Waals surface area contributed by atoms with Gasteiger partial charge in [-0.1, -0.05) is 30.3 Å². The van der Waals surface area contributed by atoms with Crippen molar-refractivity contribution >= 4 is 11.6 Å². The third-order valence-corrected chi connectivity index (χ3v) is 6.03. The fourth-order valence-corrected chi connectivity index (χ4v) is 4.43. The number of carbonyl (C=O) groups excluding carboxylic acids is 1. The number of para-hydroxylation sites is 3. The molecular weight excluding hydrogens is 392 g/mol. The van der Waals surface area contributed by atoms with Crippen LogP contribution in [0.4, 0.5) is 5.69 Å². The molecule has 1 aromatic heterocycles. The fraction of sp³-hybridized carbons (Fsp3) is 0.320. The first-order valence-electron chi connectivity index (χ1n) is 10.6. The van der Waals surface area contributed by atoms with E-state index < -0.39 is 0 Å². The maximum Gasteiger partial charge on any atom is 0.257 e. The molecule has 1 amide bonds. The number of carbonyl (C=O) groups is 1. The lowest BCUT2D eigenvalue weighted by atomic mass is 10.1. The van der Waals surface area contributed by atoms with Gasteiger partial charge in [-0.3, -0.25) is 4.79 Å². The summed E-state index contributed by atoms with van der Waals surface area (Å²) in [5.74, 6) is 2.06. The molecule has 6 nitrogen and oxygen atoms in total. The molecule has 0 bridgehead atoms. The van der Waals surface area contributed by atoms with Gasteiger partial charge in [0.25, 0.3) is 5.91 Å². The average Bonchev–Trinajstić information content (AvgIpc) is 3.37. The second kappa shape index (κ2) is 8.02. The summed E-state index contributed by atoms with van der Waals surface area (Å²) < 4.78 is 17.5. The molecule has 160 valence electrons. The molecule has 0 fully saturated rings. The topological polar surface area (TPSA) is 55.2 Å². The van der Waals surface area contributed by atoms with E-state index in [1.807, 2.05) is 24.3 Å². The second-order valence-electron chi connectivity index (χ2n) is 8.25. The molecule has 0 aliphatic carbocycles. The van der Waals surface area contributed by atoms with Gasteiger partial charge in [-0.25, -0.2) is 0 Å². The SMILES string of the molecule is CC1Cc2ccccc2N1Cc1occc1C(=O)N(C)CC1COc2ccccc2O1. The minimum absolute atomic E-state index is 0.0775. The third kappa shape index (κ3) is 3.74. The summed E-state index contributed by atoms with van der Waals surface area (Å²) in [6.45, 7) is 3.61. The van der Waals surface area contributed by atoms with Crippen LogP contribution in [0.25, 0.3) is 0 Å². The molecule has 2 aromatic carbocycles. The molecule has 3 heterocycles. The Morgan fingerprint density at radius 1 is 1.10 bits per heavy atom. The minimum Gasteiger partial charge on any atom is -0.486 e. The van der Waals surface area contributed by atoms with E-state index in [-0.39, 0.29) is 12.0 Å². The molecular formula is C25H26N2O4. The zero-order valence-electron chi connectivity index (χ0n) is 17.8. The molecule has 2 aliphatic heterocycles. The lowest BCUT2D eigenvalue weighted by Gasteiger charge is -2.29. The number of anilines is 1. The van der Waals surface area contributed by atoms with Gasteiger partial charge in [0, 0.05) is 18.8 Å². The van der Waals surface area contributed by atoms with Crippen molar-refractivity contribution in [3.8, 4) is 11.5 Å². The number of furan rings is 1. The van der Waals surface area contributed by atoms with E-state index in [1.54, 1.807) is 24.3 Å². The Bertz CT molecular complexity index is 1090. The molecule has 31 heavy (non-hydrogen) atoms. The Balaban J connectivity index is 1.28. The summed E-state index contributed by atoms with van der Waals surface area (Å²) >= 11 is 0. The molecule has 0 saturated carbocycles. The van der Waals surface area contributed by atoms with Gasteiger partial charge in [-0.05, 0) is 43.2 Å². The van der Waals surface area contributed by atoms with Crippen LogP contribution >= 0.6 is 0 Å². The number of hydrogen-bond donors (Lipinski definition) is 0. The van der Waals surface area contributed by atoms with Crippen molar-refractivity contribution in [2.24, 2.45) is 0 Å². The lowest BCUT2D eigenvalue weighted by Crippen LogP contribution is -2.42. The number of hydrogen-bond acceptors (Lipinski definition) is 5. The van der Waals surface area contributed by atoms with Crippen molar-refractivity contribution in [3.05, 3.63) is 77.7 Å². The highest BCUT2D eigenvalue weighted by atomic mass is 16.6. The van der Waals surface area contributed by atoms with Crippen LogP contribution in [0.5, 0.6) is 11.5 Å². The van der Waals surface area contributed by atoms with Crippen LogP contribution < -0.4 is 14.4 Å². The first kappa shape index (κ1) is 19.5. The zero-order chi connectivity index (χ0) is 21.4. The first-order valence-corrected chi connectivity index (χ1v) is 10.6. The van der Waals surface area contributed by atoms with Gasteiger partial charge >= 0.3 is 0 Å². The summed E-state index contributed by atoms with van der Waals surface area (Å²) in [7, 11) is 1.79. The summed E-state index contributed by atoms with van der Waals surface area (Å²) in [4.78, 5) is 17.2. The van der Waals surface area contributed by atoms with Crippen LogP contribution in [0.1, 0.15) is 28.6 Å². The van der Waals surface area contributed by atoms with Gasteiger partial charge in [-0.2, -0.15) is 0 Å². The van der Waals surface area contributed by atoms with Crippen molar-refractivity contribution in [2.45, 2.75) is 32.0 Å². The Morgan fingerprint density at radius 3 is 2.74 bits per heavy atom. The number of amides is 1. The molecule has 3 aromatic rings. The van der Waals surface area contributed by atoms with Gasteiger partial charge < -0.3 is 23.7 Å². The minimum atomic E-state index is -0.218. The van der Waals surface area contributed by atoms with Gasteiger partial charge in [-0.15, -0.1) is 0 Å². The smallest absolute Gasteiger partial charge is 0.257 e. The van der Waals surface area contributed by atoms with E-state index in [0.29, 0.717) is 42.8 Å². The molecule has 2 unspecified atom stereocenters. The number of rotatable bonds is 5. The van der Waals surface area contributed by atoms with E-state index >= 15 is 0 Å². The molecule has 2 aliphatic rings. The lowest BCUT2D eigenvalue weighted by molar-refractivity contribution is 0.0519. The summed E-state index contributed by atoms with van der Waals surface area (Å²) in [6.07, 6.45) is 2.38. The highest BCUT2D eigenvalue weighted by Crippen LogP contribution is 2.34. The Morgan fingerprint density at radius 2 is 1.87 bits per heavy atom. The molecule has 2 atom stereocenters. The molecule has 0 spiro atoms. The van der Waals surface area contributed by atoms with E-state index in [0.717, 1.165) is 12.2 Å². The largest absolute Gasteiger partial charge is 0.486 e. The average molecular weight is 418 g/mol. The predicted octanol–water partition coefficient (Wildman–Crippen LogP) is 4.14. The maximum absolute atomic E-state index is 13.2. The van der Waals surface area contributed by atoms with Crippen LogP contribution in [0.2, 0.25) is 0 Å². The van der Waals surface area contributed by atoms with Crippen molar-refractivity contribution in [1.82, 2.24) is 4.90 Å². The van der Waals surface area contributed by atoms with E-state index in [2.05, 4.69) is 36.1 Å². The Hall–Kier alpha value is -3.41. The quantitative estimate of drug-likeness (QED) is 0.623. The predicted molar refractivity (Wildman–Crippen MR) is 118 cm³/mol. The van der Waals surface area contributed by atoms with Gasteiger partial charge in [0.05, 0.1) is 24.9 Å². The van der Waals surface area contributed by atoms with Crippen LogP contribution in [0.15, 0.2) is 65.3 Å². The first-order chi connectivity index (χ1) is 15.1. The molecule has 0 saturated heterocycles.